The summed E-state index contributed by atoms with van der Waals surface area (Å²) in [6.07, 6.45) is 7.63. The van der Waals surface area contributed by atoms with Crippen LogP contribution in [0.2, 0.25) is 0 Å². The lowest BCUT2D eigenvalue weighted by atomic mass is 9.98. The Balaban J connectivity index is 1.56. The largest absolute Gasteiger partial charge is 0.309 e. The molecular weight excluding hydrogens is 490 g/mol. The third-order valence-electron chi connectivity index (χ3n) is 7.64. The SMILES string of the molecule is CCC=CC=C(C)c1cc(-c2ccccc2)cc(-n2c3ccccc3c3c4sc5ccccc5c4ccc32)c1. The maximum Gasteiger partial charge on any atom is 0.0555 e. The maximum absolute atomic E-state index is 2.46. The molecule has 2 heterocycles. The molecule has 0 N–H and O–H groups in total. The average molecular weight is 520 g/mol. The van der Waals surface area contributed by atoms with Crippen molar-refractivity contribution in [1.82, 2.24) is 4.57 Å². The van der Waals surface area contributed by atoms with Gasteiger partial charge in [0.05, 0.1) is 11.0 Å². The molecule has 0 unspecified atom stereocenters. The Morgan fingerprint density at radius 1 is 0.718 bits per heavy atom. The van der Waals surface area contributed by atoms with Crippen molar-refractivity contribution in [3.63, 3.8) is 0 Å². The van der Waals surface area contributed by atoms with Crippen molar-refractivity contribution in [3.05, 3.63) is 133 Å². The van der Waals surface area contributed by atoms with Crippen molar-refractivity contribution in [1.29, 1.82) is 0 Å². The van der Waals surface area contributed by atoms with Gasteiger partial charge in [-0.2, -0.15) is 0 Å². The minimum absolute atomic E-state index is 1.03. The first-order chi connectivity index (χ1) is 19.2. The highest BCUT2D eigenvalue weighted by molar-refractivity contribution is 7.26. The van der Waals surface area contributed by atoms with E-state index in [9.17, 15) is 0 Å². The van der Waals surface area contributed by atoms with E-state index in [1.54, 1.807) is 0 Å². The normalized spacial score (nSPS) is 12.5. The monoisotopic (exact) mass is 519 g/mol. The quantitative estimate of drug-likeness (QED) is 0.199. The van der Waals surface area contributed by atoms with Gasteiger partial charge in [0.25, 0.3) is 0 Å². The van der Waals surface area contributed by atoms with Gasteiger partial charge in [0.1, 0.15) is 0 Å². The van der Waals surface area contributed by atoms with E-state index in [0.717, 1.165) is 6.42 Å². The van der Waals surface area contributed by atoms with E-state index in [1.807, 2.05) is 11.3 Å². The van der Waals surface area contributed by atoms with E-state index in [2.05, 4.69) is 146 Å². The molecule has 0 amide bonds. The molecule has 0 radical (unpaired) electrons. The zero-order valence-electron chi connectivity index (χ0n) is 22.2. The van der Waals surface area contributed by atoms with Crippen molar-refractivity contribution in [2.45, 2.75) is 20.3 Å². The van der Waals surface area contributed by atoms with Crippen LogP contribution in [-0.2, 0) is 0 Å². The molecule has 7 rings (SSSR count). The van der Waals surface area contributed by atoms with Gasteiger partial charge in [-0.1, -0.05) is 97.9 Å². The standard InChI is InChI=1S/C37H29NS/c1-3-4-6-13-25(2)27-22-28(26-14-7-5-8-15-26)24-29(23-27)38-33-18-11-9-17-32(33)36-34(38)21-20-31-30-16-10-12-19-35(30)39-37(31)36/h4-24H,3H2,1-2H3. The number of fused-ring (bicyclic) bond motifs is 7. The van der Waals surface area contributed by atoms with Gasteiger partial charge >= 0.3 is 0 Å². The molecule has 0 spiro atoms. The first-order valence-electron chi connectivity index (χ1n) is 13.6. The fourth-order valence-electron chi connectivity index (χ4n) is 5.72. The minimum atomic E-state index is 1.03. The van der Waals surface area contributed by atoms with Crippen LogP contribution in [-0.4, -0.2) is 4.57 Å². The predicted molar refractivity (Wildman–Crippen MR) is 172 cm³/mol. The molecule has 0 aliphatic rings. The molecule has 188 valence electrons. The van der Waals surface area contributed by atoms with Gasteiger partial charge in [0.2, 0.25) is 0 Å². The van der Waals surface area contributed by atoms with Crippen LogP contribution in [0.5, 0.6) is 0 Å². The Morgan fingerprint density at radius 2 is 1.49 bits per heavy atom. The highest BCUT2D eigenvalue weighted by Crippen LogP contribution is 2.43. The molecule has 0 aliphatic carbocycles. The molecule has 5 aromatic carbocycles. The summed E-state index contributed by atoms with van der Waals surface area (Å²) in [6.45, 7) is 4.38. The lowest BCUT2D eigenvalue weighted by molar-refractivity contribution is 1.18. The first kappa shape index (κ1) is 23.7. The number of nitrogens with zero attached hydrogens (tertiary/aromatic N) is 1. The Kier molecular flexibility index (Phi) is 5.91. The zero-order valence-corrected chi connectivity index (χ0v) is 23.0. The summed E-state index contributed by atoms with van der Waals surface area (Å²) in [5, 5.41) is 5.32. The maximum atomic E-state index is 2.46. The third kappa shape index (κ3) is 4.00. The number of para-hydroxylation sites is 1. The molecule has 1 nitrogen and oxygen atoms in total. The van der Waals surface area contributed by atoms with E-state index < -0.39 is 0 Å². The van der Waals surface area contributed by atoms with Crippen LogP contribution in [0, 0.1) is 0 Å². The van der Waals surface area contributed by atoms with Gasteiger partial charge in [-0.15, -0.1) is 11.3 Å². The van der Waals surface area contributed by atoms with Crippen molar-refractivity contribution in [3.8, 4) is 16.8 Å². The Morgan fingerprint density at radius 3 is 2.33 bits per heavy atom. The molecule has 0 atom stereocenters. The smallest absolute Gasteiger partial charge is 0.0555 e. The summed E-state index contributed by atoms with van der Waals surface area (Å²) >= 11 is 1.90. The van der Waals surface area contributed by atoms with Gasteiger partial charge in [-0.25, -0.2) is 0 Å². The average Bonchev–Trinajstić information content (AvgIpc) is 3.53. The Bertz CT molecular complexity index is 2050. The Labute approximate surface area is 233 Å². The molecular formula is C37H29NS. The second kappa shape index (κ2) is 9.72. The molecule has 39 heavy (non-hydrogen) atoms. The number of hydrogen-bond donors (Lipinski definition) is 0. The Hall–Kier alpha value is -4.40. The molecule has 7 aromatic rings. The lowest BCUT2D eigenvalue weighted by Gasteiger charge is -2.14. The fourth-order valence-corrected chi connectivity index (χ4v) is 6.98. The summed E-state index contributed by atoms with van der Waals surface area (Å²) in [4.78, 5) is 0. The predicted octanol–water partition coefficient (Wildman–Crippen LogP) is 11.2. The van der Waals surface area contributed by atoms with Crippen molar-refractivity contribution < 1.29 is 0 Å². The molecule has 0 bridgehead atoms. The van der Waals surface area contributed by atoms with E-state index in [4.69, 9.17) is 0 Å². The van der Waals surface area contributed by atoms with E-state index in [1.165, 1.54) is 69.9 Å². The van der Waals surface area contributed by atoms with Crippen LogP contribution >= 0.6 is 11.3 Å². The first-order valence-corrected chi connectivity index (χ1v) is 14.4. The molecule has 0 fully saturated rings. The second-order valence-corrected chi connectivity index (χ2v) is 11.2. The summed E-state index contributed by atoms with van der Waals surface area (Å²) in [7, 11) is 0. The molecule has 0 saturated heterocycles. The summed E-state index contributed by atoms with van der Waals surface area (Å²) in [5.74, 6) is 0. The van der Waals surface area contributed by atoms with Crippen molar-refractivity contribution in [2.75, 3.05) is 0 Å². The number of rotatable bonds is 5. The van der Waals surface area contributed by atoms with E-state index in [-0.39, 0.29) is 0 Å². The van der Waals surface area contributed by atoms with Crippen molar-refractivity contribution in [2.24, 2.45) is 0 Å². The highest BCUT2D eigenvalue weighted by atomic mass is 32.1. The van der Waals surface area contributed by atoms with Crippen LogP contribution in [0.25, 0.3) is 64.4 Å². The highest BCUT2D eigenvalue weighted by Gasteiger charge is 2.18. The minimum Gasteiger partial charge on any atom is -0.309 e. The summed E-state index contributed by atoms with van der Waals surface area (Å²) in [5.41, 5.74) is 8.62. The van der Waals surface area contributed by atoms with Gasteiger partial charge in [0.15, 0.2) is 0 Å². The van der Waals surface area contributed by atoms with Gasteiger partial charge in [-0.3, -0.25) is 0 Å². The van der Waals surface area contributed by atoms with Crippen LogP contribution < -0.4 is 0 Å². The lowest BCUT2D eigenvalue weighted by Crippen LogP contribution is -1.96. The second-order valence-electron chi connectivity index (χ2n) is 10.1. The van der Waals surface area contributed by atoms with Crippen molar-refractivity contribution >= 4 is 58.9 Å². The third-order valence-corrected chi connectivity index (χ3v) is 8.84. The number of thiophene rings is 1. The zero-order chi connectivity index (χ0) is 26.3. The summed E-state index contributed by atoms with van der Waals surface area (Å²) in [6, 6.07) is 40.0. The van der Waals surface area contributed by atoms with Crippen LogP contribution in [0.3, 0.4) is 0 Å². The van der Waals surface area contributed by atoms with Crippen LogP contribution in [0.4, 0.5) is 0 Å². The fraction of sp³-hybridized carbons (Fsp3) is 0.0811. The van der Waals surface area contributed by atoms with E-state index in [0.29, 0.717) is 0 Å². The molecule has 2 aromatic heterocycles. The molecule has 0 saturated carbocycles. The number of allylic oxidation sites excluding steroid dienone is 4. The van der Waals surface area contributed by atoms with Gasteiger partial charge < -0.3 is 4.57 Å². The molecule has 0 aliphatic heterocycles. The topological polar surface area (TPSA) is 4.93 Å². The van der Waals surface area contributed by atoms with Gasteiger partial charge in [0, 0.05) is 36.6 Å². The van der Waals surface area contributed by atoms with Crippen LogP contribution in [0.15, 0.2) is 127 Å². The molecule has 2 heteroatoms. The number of benzene rings is 5. The van der Waals surface area contributed by atoms with Gasteiger partial charge in [-0.05, 0) is 72.0 Å². The summed E-state index contributed by atoms with van der Waals surface area (Å²) < 4.78 is 5.16. The number of hydrogen-bond acceptors (Lipinski definition) is 1. The van der Waals surface area contributed by atoms with Crippen LogP contribution in [0.1, 0.15) is 25.8 Å². The van der Waals surface area contributed by atoms with E-state index >= 15 is 0 Å². The number of aromatic nitrogens is 1.